The molecule has 3 nitrogen and oxygen atoms in total. The van der Waals surface area contributed by atoms with Crippen LogP contribution in [0, 0.1) is 0 Å². The van der Waals surface area contributed by atoms with Crippen LogP contribution in [-0.2, 0) is 11.3 Å². The van der Waals surface area contributed by atoms with Gasteiger partial charge in [0.05, 0.1) is 6.10 Å². The van der Waals surface area contributed by atoms with Crippen LogP contribution in [0.3, 0.4) is 0 Å². The predicted molar refractivity (Wildman–Crippen MR) is 69.7 cm³/mol. The van der Waals surface area contributed by atoms with Crippen LogP contribution in [0.5, 0.6) is 0 Å². The van der Waals surface area contributed by atoms with Gasteiger partial charge in [-0.05, 0) is 31.8 Å². The molecule has 1 aromatic heterocycles. The van der Waals surface area contributed by atoms with E-state index < -0.39 is 0 Å². The minimum Gasteiger partial charge on any atom is -0.377 e. The van der Waals surface area contributed by atoms with Gasteiger partial charge < -0.3 is 15.4 Å². The SMILES string of the molecule is CCOC(CN)CCN(C)Cc1cccs1. The molecule has 0 bridgehead atoms. The molecule has 4 heteroatoms. The molecule has 0 fully saturated rings. The van der Waals surface area contributed by atoms with Gasteiger partial charge in [0.25, 0.3) is 0 Å². The molecule has 1 unspecified atom stereocenters. The summed E-state index contributed by atoms with van der Waals surface area (Å²) in [5, 5.41) is 2.12. The molecule has 1 rings (SSSR count). The van der Waals surface area contributed by atoms with Crippen molar-refractivity contribution in [1.29, 1.82) is 0 Å². The molecule has 2 N–H and O–H groups in total. The maximum atomic E-state index is 5.64. The molecule has 1 heterocycles. The molecule has 0 radical (unpaired) electrons. The molecule has 1 atom stereocenters. The van der Waals surface area contributed by atoms with Gasteiger partial charge in [0, 0.05) is 31.1 Å². The lowest BCUT2D eigenvalue weighted by Crippen LogP contribution is -2.29. The second-order valence-corrected chi connectivity index (χ2v) is 4.95. The van der Waals surface area contributed by atoms with Crippen molar-refractivity contribution in [3.63, 3.8) is 0 Å². The van der Waals surface area contributed by atoms with E-state index in [2.05, 4.69) is 29.5 Å². The minimum atomic E-state index is 0.204. The number of rotatable bonds is 8. The average Bonchev–Trinajstić information content (AvgIpc) is 2.76. The fourth-order valence-corrected chi connectivity index (χ4v) is 2.40. The van der Waals surface area contributed by atoms with Crippen molar-refractivity contribution in [1.82, 2.24) is 4.90 Å². The lowest BCUT2D eigenvalue weighted by atomic mass is 10.2. The molecule has 92 valence electrons. The fourth-order valence-electron chi connectivity index (χ4n) is 1.62. The zero-order valence-electron chi connectivity index (χ0n) is 10.2. The van der Waals surface area contributed by atoms with E-state index in [4.69, 9.17) is 10.5 Å². The largest absolute Gasteiger partial charge is 0.377 e. The lowest BCUT2D eigenvalue weighted by molar-refractivity contribution is 0.0559. The normalized spacial score (nSPS) is 13.2. The second kappa shape index (κ2) is 7.79. The molecular weight excluding hydrogens is 220 g/mol. The van der Waals surface area contributed by atoms with Crippen molar-refractivity contribution >= 4 is 11.3 Å². The molecular formula is C12H22N2OS. The Morgan fingerprint density at radius 3 is 2.94 bits per heavy atom. The van der Waals surface area contributed by atoms with Crippen LogP contribution >= 0.6 is 11.3 Å². The van der Waals surface area contributed by atoms with E-state index in [0.717, 1.165) is 26.1 Å². The van der Waals surface area contributed by atoms with Crippen LogP contribution in [-0.4, -0.2) is 37.7 Å². The molecule has 1 aromatic rings. The van der Waals surface area contributed by atoms with E-state index in [0.29, 0.717) is 6.54 Å². The Kier molecular flexibility index (Phi) is 6.64. The van der Waals surface area contributed by atoms with Crippen LogP contribution in [0.1, 0.15) is 18.2 Å². The monoisotopic (exact) mass is 242 g/mol. The van der Waals surface area contributed by atoms with E-state index in [9.17, 15) is 0 Å². The van der Waals surface area contributed by atoms with E-state index in [1.165, 1.54) is 4.88 Å². The highest BCUT2D eigenvalue weighted by Crippen LogP contribution is 2.11. The van der Waals surface area contributed by atoms with Crippen molar-refractivity contribution in [2.75, 3.05) is 26.7 Å². The van der Waals surface area contributed by atoms with Crippen LogP contribution in [0.2, 0.25) is 0 Å². The summed E-state index contributed by atoms with van der Waals surface area (Å²) in [4.78, 5) is 3.72. The molecule has 0 aliphatic carbocycles. The van der Waals surface area contributed by atoms with E-state index in [1.807, 2.05) is 6.92 Å². The topological polar surface area (TPSA) is 38.5 Å². The summed E-state index contributed by atoms with van der Waals surface area (Å²) in [6.07, 6.45) is 1.21. The van der Waals surface area contributed by atoms with E-state index in [1.54, 1.807) is 11.3 Å². The number of hydrogen-bond donors (Lipinski definition) is 1. The van der Waals surface area contributed by atoms with Crippen LogP contribution in [0.25, 0.3) is 0 Å². The van der Waals surface area contributed by atoms with Gasteiger partial charge in [0.15, 0.2) is 0 Å². The van der Waals surface area contributed by atoms with Gasteiger partial charge in [-0.1, -0.05) is 6.07 Å². The zero-order chi connectivity index (χ0) is 11.8. The molecule has 16 heavy (non-hydrogen) atoms. The highest BCUT2D eigenvalue weighted by Gasteiger charge is 2.08. The highest BCUT2D eigenvalue weighted by molar-refractivity contribution is 7.09. The third-order valence-electron chi connectivity index (χ3n) is 2.50. The maximum Gasteiger partial charge on any atom is 0.0709 e. The molecule has 0 saturated carbocycles. The number of nitrogens with two attached hydrogens (primary N) is 1. The summed E-state index contributed by atoms with van der Waals surface area (Å²) < 4.78 is 5.53. The van der Waals surface area contributed by atoms with Gasteiger partial charge in [0.1, 0.15) is 0 Å². The summed E-state index contributed by atoms with van der Waals surface area (Å²) in [6.45, 7) is 5.41. The molecule has 0 amide bonds. The molecule has 0 aliphatic rings. The highest BCUT2D eigenvalue weighted by atomic mass is 32.1. The zero-order valence-corrected chi connectivity index (χ0v) is 11.0. The number of hydrogen-bond acceptors (Lipinski definition) is 4. The Hall–Kier alpha value is -0.420. The Labute approximate surface area is 102 Å². The van der Waals surface area contributed by atoms with E-state index >= 15 is 0 Å². The van der Waals surface area contributed by atoms with Gasteiger partial charge in [-0.2, -0.15) is 0 Å². The minimum absolute atomic E-state index is 0.204. The van der Waals surface area contributed by atoms with Gasteiger partial charge in [0.2, 0.25) is 0 Å². The average molecular weight is 242 g/mol. The number of ether oxygens (including phenoxy) is 1. The van der Waals surface area contributed by atoms with Crippen molar-refractivity contribution in [3.05, 3.63) is 22.4 Å². The third-order valence-corrected chi connectivity index (χ3v) is 3.37. The first kappa shape index (κ1) is 13.6. The van der Waals surface area contributed by atoms with E-state index in [-0.39, 0.29) is 6.10 Å². The molecule has 0 spiro atoms. The Bertz CT molecular complexity index is 264. The van der Waals surface area contributed by atoms with Crippen LogP contribution in [0.4, 0.5) is 0 Å². The first-order valence-corrected chi connectivity index (χ1v) is 6.66. The summed E-state index contributed by atoms with van der Waals surface area (Å²) in [7, 11) is 2.14. The smallest absolute Gasteiger partial charge is 0.0709 e. The first-order chi connectivity index (χ1) is 7.76. The first-order valence-electron chi connectivity index (χ1n) is 5.78. The third kappa shape index (κ3) is 5.07. The van der Waals surface area contributed by atoms with Gasteiger partial charge in [-0.3, -0.25) is 0 Å². The summed E-state index contributed by atoms with van der Waals surface area (Å²) in [6, 6.07) is 4.26. The predicted octanol–water partition coefficient (Wildman–Crippen LogP) is 1.93. The van der Waals surface area contributed by atoms with Crippen LogP contribution < -0.4 is 5.73 Å². The molecule has 0 aromatic carbocycles. The van der Waals surface area contributed by atoms with Crippen LogP contribution in [0.15, 0.2) is 17.5 Å². The Morgan fingerprint density at radius 2 is 2.38 bits per heavy atom. The number of nitrogens with zero attached hydrogens (tertiary/aromatic N) is 1. The Balaban J connectivity index is 2.21. The number of thiophene rings is 1. The molecule has 0 aliphatic heterocycles. The van der Waals surface area contributed by atoms with Crippen molar-refractivity contribution in [2.45, 2.75) is 26.0 Å². The van der Waals surface area contributed by atoms with Gasteiger partial charge >= 0.3 is 0 Å². The van der Waals surface area contributed by atoms with Gasteiger partial charge in [-0.25, -0.2) is 0 Å². The van der Waals surface area contributed by atoms with Crippen molar-refractivity contribution < 1.29 is 4.74 Å². The Morgan fingerprint density at radius 1 is 1.56 bits per heavy atom. The van der Waals surface area contributed by atoms with Crippen molar-refractivity contribution in [2.24, 2.45) is 5.73 Å². The molecule has 0 saturated heterocycles. The quantitative estimate of drug-likeness (QED) is 0.757. The standard InChI is InChI=1S/C12H22N2OS/c1-3-15-11(9-13)6-7-14(2)10-12-5-4-8-16-12/h4-5,8,11H,3,6-7,9-10,13H2,1-2H3. The summed E-state index contributed by atoms with van der Waals surface area (Å²) in [5.41, 5.74) is 5.64. The fraction of sp³-hybridized carbons (Fsp3) is 0.667. The summed E-state index contributed by atoms with van der Waals surface area (Å²) >= 11 is 1.80. The lowest BCUT2D eigenvalue weighted by Gasteiger charge is -2.20. The maximum absolute atomic E-state index is 5.64. The van der Waals surface area contributed by atoms with Gasteiger partial charge in [-0.15, -0.1) is 11.3 Å². The second-order valence-electron chi connectivity index (χ2n) is 3.92. The summed E-state index contributed by atoms with van der Waals surface area (Å²) in [5.74, 6) is 0. The van der Waals surface area contributed by atoms with Crippen molar-refractivity contribution in [3.8, 4) is 0 Å².